The van der Waals surface area contributed by atoms with Gasteiger partial charge in [-0.3, -0.25) is 9.59 Å². The van der Waals surface area contributed by atoms with E-state index in [4.69, 9.17) is 0 Å². The average Bonchev–Trinajstić information content (AvgIpc) is 3.06. The summed E-state index contributed by atoms with van der Waals surface area (Å²) < 4.78 is 39.3. The van der Waals surface area contributed by atoms with Crippen molar-refractivity contribution >= 4 is 11.8 Å². The molecule has 0 unspecified atom stereocenters. The highest BCUT2D eigenvalue weighted by atomic mass is 19.4. The maximum atomic E-state index is 13.1. The normalized spacial score (nSPS) is 21.4. The first-order chi connectivity index (χ1) is 12.8. The number of rotatable bonds is 5. The standard InChI is InChI=1S/C20H23F3N2O2/c21-20(22,23)16-9-4-8-15(12-16)17(13-25-11-5-10-18(25)26)24-19(27)14-6-2-1-3-7-14/h1-2,4,8-9,12,14,17H,3,5-7,10-11,13H2,(H,24,27)/t14-,17+/m1/s1. The van der Waals surface area contributed by atoms with Gasteiger partial charge in [-0.15, -0.1) is 0 Å². The Bertz CT molecular complexity index is 730. The Kier molecular flexibility index (Phi) is 5.87. The Labute approximate surface area is 156 Å². The van der Waals surface area contributed by atoms with E-state index in [0.29, 0.717) is 24.9 Å². The van der Waals surface area contributed by atoms with Crippen LogP contribution in [-0.2, 0) is 15.8 Å². The van der Waals surface area contributed by atoms with Crippen LogP contribution in [0.15, 0.2) is 36.4 Å². The van der Waals surface area contributed by atoms with E-state index in [-0.39, 0.29) is 24.3 Å². The molecule has 0 bridgehead atoms. The Balaban J connectivity index is 1.81. The summed E-state index contributed by atoms with van der Waals surface area (Å²) in [5.41, 5.74) is -0.392. The van der Waals surface area contributed by atoms with Gasteiger partial charge in [0, 0.05) is 25.4 Å². The van der Waals surface area contributed by atoms with E-state index >= 15 is 0 Å². The number of carbonyl (C=O) groups is 2. The van der Waals surface area contributed by atoms with E-state index in [1.807, 2.05) is 12.2 Å². The van der Waals surface area contributed by atoms with Crippen LogP contribution in [-0.4, -0.2) is 29.8 Å². The molecule has 1 aromatic carbocycles. The number of nitrogens with zero attached hydrogens (tertiary/aromatic N) is 1. The zero-order valence-corrected chi connectivity index (χ0v) is 15.0. The van der Waals surface area contributed by atoms with Crippen LogP contribution in [0.3, 0.4) is 0 Å². The Morgan fingerprint density at radius 1 is 1.30 bits per heavy atom. The fraction of sp³-hybridized carbons (Fsp3) is 0.500. The first-order valence-corrected chi connectivity index (χ1v) is 9.25. The molecular formula is C20H23F3N2O2. The SMILES string of the molecule is O=C(N[C@@H](CN1CCCC1=O)c1cccc(C(F)(F)F)c1)[C@@H]1CC=CCC1. The molecule has 1 aromatic rings. The molecular weight excluding hydrogens is 357 g/mol. The Morgan fingerprint density at radius 3 is 2.74 bits per heavy atom. The summed E-state index contributed by atoms with van der Waals surface area (Å²) in [6, 6.07) is 4.32. The number of nitrogens with one attached hydrogen (secondary N) is 1. The summed E-state index contributed by atoms with van der Waals surface area (Å²) in [5.74, 6) is -0.382. The van der Waals surface area contributed by atoms with Crippen molar-refractivity contribution in [2.75, 3.05) is 13.1 Å². The number of hydrogen-bond donors (Lipinski definition) is 1. The molecule has 146 valence electrons. The van der Waals surface area contributed by atoms with Gasteiger partial charge < -0.3 is 10.2 Å². The lowest BCUT2D eigenvalue weighted by Gasteiger charge is -2.28. The van der Waals surface area contributed by atoms with Crippen molar-refractivity contribution in [1.82, 2.24) is 10.2 Å². The van der Waals surface area contributed by atoms with Crippen molar-refractivity contribution in [3.8, 4) is 0 Å². The second kappa shape index (κ2) is 8.15. The topological polar surface area (TPSA) is 49.4 Å². The van der Waals surface area contributed by atoms with Crippen molar-refractivity contribution in [3.63, 3.8) is 0 Å². The predicted octanol–water partition coefficient (Wildman–Crippen LogP) is 3.84. The number of carbonyl (C=O) groups excluding carboxylic acids is 2. The van der Waals surface area contributed by atoms with Gasteiger partial charge in [0.05, 0.1) is 11.6 Å². The molecule has 2 amide bonds. The van der Waals surface area contributed by atoms with E-state index in [0.717, 1.165) is 31.4 Å². The quantitative estimate of drug-likeness (QED) is 0.789. The van der Waals surface area contributed by atoms with Gasteiger partial charge in [0.1, 0.15) is 0 Å². The minimum atomic E-state index is -4.46. The van der Waals surface area contributed by atoms with Crippen LogP contribution in [0.25, 0.3) is 0 Å². The van der Waals surface area contributed by atoms with Crippen LogP contribution < -0.4 is 5.32 Å². The summed E-state index contributed by atoms with van der Waals surface area (Å²) in [6.45, 7) is 0.755. The average molecular weight is 380 g/mol. The third kappa shape index (κ3) is 4.90. The van der Waals surface area contributed by atoms with E-state index in [1.165, 1.54) is 6.07 Å². The van der Waals surface area contributed by atoms with Crippen LogP contribution in [0.1, 0.15) is 49.3 Å². The van der Waals surface area contributed by atoms with Crippen molar-refractivity contribution in [1.29, 1.82) is 0 Å². The maximum absolute atomic E-state index is 13.1. The van der Waals surface area contributed by atoms with Crippen LogP contribution in [0, 0.1) is 5.92 Å². The zero-order valence-electron chi connectivity index (χ0n) is 15.0. The Hall–Kier alpha value is -2.31. The Morgan fingerprint density at radius 2 is 2.11 bits per heavy atom. The number of halogens is 3. The molecule has 2 aliphatic rings. The molecule has 0 spiro atoms. The first kappa shape index (κ1) is 19.5. The highest BCUT2D eigenvalue weighted by molar-refractivity contribution is 5.80. The number of alkyl halides is 3. The lowest BCUT2D eigenvalue weighted by atomic mass is 9.93. The number of hydrogen-bond acceptors (Lipinski definition) is 2. The summed E-state index contributed by atoms with van der Waals surface area (Å²) in [4.78, 5) is 26.2. The second-order valence-electron chi connectivity index (χ2n) is 7.11. The first-order valence-electron chi connectivity index (χ1n) is 9.25. The van der Waals surface area contributed by atoms with Crippen molar-refractivity contribution in [2.24, 2.45) is 5.92 Å². The number of likely N-dealkylation sites (tertiary alicyclic amines) is 1. The summed E-state index contributed by atoms with van der Waals surface area (Å²) in [5, 5.41) is 2.90. The molecule has 3 rings (SSSR count). The molecule has 0 saturated carbocycles. The van der Waals surface area contributed by atoms with E-state index < -0.39 is 17.8 Å². The van der Waals surface area contributed by atoms with Gasteiger partial charge in [0.2, 0.25) is 11.8 Å². The molecule has 2 atom stereocenters. The molecule has 0 radical (unpaired) electrons. The van der Waals surface area contributed by atoms with Crippen molar-refractivity contribution in [3.05, 3.63) is 47.5 Å². The summed E-state index contributed by atoms with van der Waals surface area (Å²) in [6.07, 6.45) is 2.86. The van der Waals surface area contributed by atoms with Crippen molar-refractivity contribution < 1.29 is 22.8 Å². The third-order valence-corrected chi connectivity index (χ3v) is 5.15. The minimum Gasteiger partial charge on any atom is -0.347 e. The monoisotopic (exact) mass is 380 g/mol. The second-order valence-corrected chi connectivity index (χ2v) is 7.11. The molecule has 4 nitrogen and oxygen atoms in total. The highest BCUT2D eigenvalue weighted by Crippen LogP contribution is 2.31. The zero-order chi connectivity index (χ0) is 19.4. The third-order valence-electron chi connectivity index (χ3n) is 5.15. The fourth-order valence-corrected chi connectivity index (χ4v) is 3.60. The largest absolute Gasteiger partial charge is 0.416 e. The van der Waals surface area contributed by atoms with Crippen LogP contribution in [0.5, 0.6) is 0 Å². The van der Waals surface area contributed by atoms with E-state index in [2.05, 4.69) is 5.32 Å². The molecule has 1 N–H and O–H groups in total. The lowest BCUT2D eigenvalue weighted by Crippen LogP contribution is -2.41. The van der Waals surface area contributed by atoms with E-state index in [1.54, 1.807) is 11.0 Å². The van der Waals surface area contributed by atoms with Crippen molar-refractivity contribution in [2.45, 2.75) is 44.3 Å². The maximum Gasteiger partial charge on any atom is 0.416 e. The predicted molar refractivity (Wildman–Crippen MR) is 94.6 cm³/mol. The van der Waals surface area contributed by atoms with Crippen LogP contribution >= 0.6 is 0 Å². The molecule has 7 heteroatoms. The molecule has 1 heterocycles. The van der Waals surface area contributed by atoms with Gasteiger partial charge in [-0.25, -0.2) is 0 Å². The number of amides is 2. The van der Waals surface area contributed by atoms with E-state index in [9.17, 15) is 22.8 Å². The van der Waals surface area contributed by atoms with Crippen LogP contribution in [0.4, 0.5) is 13.2 Å². The number of allylic oxidation sites excluding steroid dienone is 2. The number of benzene rings is 1. The van der Waals surface area contributed by atoms with Gasteiger partial charge in [-0.05, 0) is 43.4 Å². The molecule has 1 fully saturated rings. The molecule has 1 aliphatic heterocycles. The van der Waals surface area contributed by atoms with Gasteiger partial charge in [0.25, 0.3) is 0 Å². The lowest BCUT2D eigenvalue weighted by molar-refractivity contribution is -0.137. The van der Waals surface area contributed by atoms with Gasteiger partial charge >= 0.3 is 6.18 Å². The van der Waals surface area contributed by atoms with Gasteiger partial charge in [0.15, 0.2) is 0 Å². The molecule has 1 saturated heterocycles. The fourth-order valence-electron chi connectivity index (χ4n) is 3.60. The summed E-state index contributed by atoms with van der Waals surface area (Å²) in [7, 11) is 0. The molecule has 27 heavy (non-hydrogen) atoms. The molecule has 0 aromatic heterocycles. The smallest absolute Gasteiger partial charge is 0.347 e. The van der Waals surface area contributed by atoms with Gasteiger partial charge in [-0.2, -0.15) is 13.2 Å². The highest BCUT2D eigenvalue weighted by Gasteiger charge is 2.32. The minimum absolute atomic E-state index is 0.0261. The van der Waals surface area contributed by atoms with Crippen LogP contribution in [0.2, 0.25) is 0 Å². The molecule has 1 aliphatic carbocycles. The summed E-state index contributed by atoms with van der Waals surface area (Å²) >= 11 is 0. The van der Waals surface area contributed by atoms with Gasteiger partial charge in [-0.1, -0.05) is 24.3 Å².